The molecule has 3 nitrogen and oxygen atoms in total. The summed E-state index contributed by atoms with van der Waals surface area (Å²) < 4.78 is 11.3. The molecule has 0 unspecified atom stereocenters. The summed E-state index contributed by atoms with van der Waals surface area (Å²) in [5.41, 5.74) is 3.52. The van der Waals surface area contributed by atoms with Gasteiger partial charge in [0.05, 0.1) is 7.11 Å². The van der Waals surface area contributed by atoms with E-state index in [1.807, 2.05) is 66.7 Å². The van der Waals surface area contributed by atoms with E-state index < -0.39 is 0 Å². The Labute approximate surface area is 141 Å². The van der Waals surface area contributed by atoms with Crippen LogP contribution in [0.5, 0.6) is 11.5 Å². The van der Waals surface area contributed by atoms with E-state index in [-0.39, 0.29) is 0 Å². The van der Waals surface area contributed by atoms with Gasteiger partial charge in [-0.25, -0.2) is 0 Å². The zero-order chi connectivity index (χ0) is 16.8. The minimum atomic E-state index is 0.470. The molecule has 0 aliphatic heterocycles. The molecule has 0 aliphatic rings. The number of carbonyl (C=O) groups is 1. The molecule has 120 valence electrons. The van der Waals surface area contributed by atoms with E-state index in [9.17, 15) is 4.79 Å². The number of carbonyl (C=O) groups excluding carboxylic acids is 1. The smallest absolute Gasteiger partial charge is 0.150 e. The monoisotopic (exact) mass is 318 g/mol. The SMILES string of the molecule is COc1cccc(-c2cc(C=O)ccc2OCc2ccccc2)c1. The molecular weight excluding hydrogens is 300 g/mol. The van der Waals surface area contributed by atoms with E-state index in [0.717, 1.165) is 34.5 Å². The van der Waals surface area contributed by atoms with Crippen LogP contribution in [0.2, 0.25) is 0 Å². The molecule has 0 N–H and O–H groups in total. The number of rotatable bonds is 6. The largest absolute Gasteiger partial charge is 0.497 e. The van der Waals surface area contributed by atoms with Crippen molar-refractivity contribution >= 4 is 6.29 Å². The predicted octanol–water partition coefficient (Wildman–Crippen LogP) is 4.75. The second-order valence-electron chi connectivity index (χ2n) is 5.38. The van der Waals surface area contributed by atoms with Crippen molar-refractivity contribution in [3.05, 3.63) is 83.9 Å². The summed E-state index contributed by atoms with van der Waals surface area (Å²) in [4.78, 5) is 11.1. The third kappa shape index (κ3) is 3.63. The lowest BCUT2D eigenvalue weighted by atomic mass is 10.0. The number of benzene rings is 3. The fourth-order valence-electron chi connectivity index (χ4n) is 2.50. The van der Waals surface area contributed by atoms with Gasteiger partial charge in [0, 0.05) is 11.1 Å². The van der Waals surface area contributed by atoms with Crippen molar-refractivity contribution in [2.24, 2.45) is 0 Å². The Hall–Kier alpha value is -3.07. The van der Waals surface area contributed by atoms with Gasteiger partial charge in [-0.1, -0.05) is 42.5 Å². The summed E-state index contributed by atoms with van der Waals surface area (Å²) in [6, 6.07) is 23.1. The third-order valence-electron chi connectivity index (χ3n) is 3.76. The maximum atomic E-state index is 11.1. The van der Waals surface area contributed by atoms with Gasteiger partial charge < -0.3 is 9.47 Å². The molecule has 3 aromatic rings. The minimum absolute atomic E-state index is 0.470. The van der Waals surface area contributed by atoms with E-state index in [4.69, 9.17) is 9.47 Å². The summed E-state index contributed by atoms with van der Waals surface area (Å²) in [6.07, 6.45) is 0.838. The van der Waals surface area contributed by atoms with Crippen molar-refractivity contribution in [1.29, 1.82) is 0 Å². The zero-order valence-electron chi connectivity index (χ0n) is 13.4. The van der Waals surface area contributed by atoms with Crippen molar-refractivity contribution in [3.8, 4) is 22.6 Å². The Morgan fingerprint density at radius 2 is 1.75 bits per heavy atom. The lowest BCUT2D eigenvalue weighted by Crippen LogP contribution is -1.98. The van der Waals surface area contributed by atoms with Crippen molar-refractivity contribution in [2.45, 2.75) is 6.61 Å². The first-order chi connectivity index (χ1) is 11.8. The van der Waals surface area contributed by atoms with E-state index in [1.54, 1.807) is 13.2 Å². The molecule has 3 heteroatoms. The Morgan fingerprint density at radius 3 is 2.50 bits per heavy atom. The van der Waals surface area contributed by atoms with Gasteiger partial charge in [0.2, 0.25) is 0 Å². The van der Waals surface area contributed by atoms with Gasteiger partial charge in [-0.3, -0.25) is 4.79 Å². The molecule has 0 aromatic heterocycles. The predicted molar refractivity (Wildman–Crippen MR) is 94.6 cm³/mol. The summed E-state index contributed by atoms with van der Waals surface area (Å²) in [7, 11) is 1.63. The quantitative estimate of drug-likeness (QED) is 0.615. The molecule has 3 aromatic carbocycles. The number of hydrogen-bond acceptors (Lipinski definition) is 3. The molecule has 0 atom stereocenters. The molecule has 0 saturated heterocycles. The second kappa shape index (κ2) is 7.47. The van der Waals surface area contributed by atoms with Crippen LogP contribution in [0.3, 0.4) is 0 Å². The van der Waals surface area contributed by atoms with Crippen molar-refractivity contribution < 1.29 is 14.3 Å². The lowest BCUT2D eigenvalue weighted by Gasteiger charge is -2.13. The summed E-state index contributed by atoms with van der Waals surface area (Å²) in [6.45, 7) is 0.470. The van der Waals surface area contributed by atoms with Crippen LogP contribution in [0, 0.1) is 0 Å². The maximum Gasteiger partial charge on any atom is 0.150 e. The lowest BCUT2D eigenvalue weighted by molar-refractivity contribution is 0.112. The van der Waals surface area contributed by atoms with Crippen molar-refractivity contribution in [3.63, 3.8) is 0 Å². The molecule has 0 fully saturated rings. The van der Waals surface area contributed by atoms with Gasteiger partial charge in [0.25, 0.3) is 0 Å². The first-order valence-corrected chi connectivity index (χ1v) is 7.70. The molecule has 0 spiro atoms. The van der Waals surface area contributed by atoms with Crippen LogP contribution >= 0.6 is 0 Å². The van der Waals surface area contributed by atoms with Gasteiger partial charge in [0.15, 0.2) is 0 Å². The van der Waals surface area contributed by atoms with Gasteiger partial charge in [0.1, 0.15) is 24.4 Å². The average molecular weight is 318 g/mol. The Balaban J connectivity index is 1.94. The molecule has 0 amide bonds. The van der Waals surface area contributed by atoms with Crippen LogP contribution in [0.15, 0.2) is 72.8 Å². The number of aldehydes is 1. The highest BCUT2D eigenvalue weighted by Crippen LogP contribution is 2.33. The molecule has 24 heavy (non-hydrogen) atoms. The topological polar surface area (TPSA) is 35.5 Å². The molecule has 0 aliphatic carbocycles. The van der Waals surface area contributed by atoms with Crippen LogP contribution in [-0.4, -0.2) is 13.4 Å². The highest BCUT2D eigenvalue weighted by Gasteiger charge is 2.09. The van der Waals surface area contributed by atoms with E-state index in [2.05, 4.69) is 0 Å². The molecular formula is C21H18O3. The van der Waals surface area contributed by atoms with Gasteiger partial charge in [-0.2, -0.15) is 0 Å². The number of methoxy groups -OCH3 is 1. The summed E-state index contributed by atoms with van der Waals surface area (Å²) >= 11 is 0. The normalized spacial score (nSPS) is 10.2. The van der Waals surface area contributed by atoms with E-state index >= 15 is 0 Å². The average Bonchev–Trinajstić information content (AvgIpc) is 2.67. The Morgan fingerprint density at radius 1 is 0.917 bits per heavy atom. The minimum Gasteiger partial charge on any atom is -0.497 e. The summed E-state index contributed by atoms with van der Waals surface area (Å²) in [5.74, 6) is 1.50. The molecule has 0 radical (unpaired) electrons. The number of hydrogen-bond donors (Lipinski definition) is 0. The fourth-order valence-corrected chi connectivity index (χ4v) is 2.50. The van der Waals surface area contributed by atoms with Crippen LogP contribution in [0.25, 0.3) is 11.1 Å². The molecule has 0 bridgehead atoms. The first kappa shape index (κ1) is 15.8. The van der Waals surface area contributed by atoms with Crippen molar-refractivity contribution in [1.82, 2.24) is 0 Å². The van der Waals surface area contributed by atoms with Crippen LogP contribution in [0.4, 0.5) is 0 Å². The van der Waals surface area contributed by atoms with Crippen LogP contribution in [0.1, 0.15) is 15.9 Å². The maximum absolute atomic E-state index is 11.1. The fraction of sp³-hybridized carbons (Fsp3) is 0.0952. The van der Waals surface area contributed by atoms with E-state index in [0.29, 0.717) is 12.2 Å². The van der Waals surface area contributed by atoms with Gasteiger partial charge in [-0.05, 0) is 41.5 Å². The zero-order valence-corrected chi connectivity index (χ0v) is 13.4. The van der Waals surface area contributed by atoms with Gasteiger partial charge >= 0.3 is 0 Å². The Bertz CT molecular complexity index is 825. The summed E-state index contributed by atoms with van der Waals surface area (Å²) in [5, 5.41) is 0. The second-order valence-corrected chi connectivity index (χ2v) is 5.38. The van der Waals surface area contributed by atoms with Gasteiger partial charge in [-0.15, -0.1) is 0 Å². The van der Waals surface area contributed by atoms with E-state index in [1.165, 1.54) is 0 Å². The number of ether oxygens (including phenoxy) is 2. The first-order valence-electron chi connectivity index (χ1n) is 7.70. The Kier molecular flexibility index (Phi) is 4.92. The third-order valence-corrected chi connectivity index (χ3v) is 3.76. The highest BCUT2D eigenvalue weighted by atomic mass is 16.5. The van der Waals surface area contributed by atoms with Crippen LogP contribution < -0.4 is 9.47 Å². The standard InChI is InChI=1S/C21H18O3/c1-23-19-9-5-8-18(13-19)20-12-17(14-22)10-11-21(20)24-15-16-6-3-2-4-7-16/h2-14H,15H2,1H3. The van der Waals surface area contributed by atoms with Crippen molar-refractivity contribution in [2.75, 3.05) is 7.11 Å². The molecule has 3 rings (SSSR count). The van der Waals surface area contributed by atoms with Crippen LogP contribution in [-0.2, 0) is 6.61 Å². The molecule has 0 saturated carbocycles. The molecule has 0 heterocycles. The highest BCUT2D eigenvalue weighted by molar-refractivity contribution is 5.81.